The molecule has 0 saturated carbocycles. The van der Waals surface area contributed by atoms with Gasteiger partial charge < -0.3 is 10.5 Å². The molecular weight excluding hydrogens is 264 g/mol. The molecule has 2 aromatic rings. The molecule has 0 unspecified atom stereocenters. The maximum atomic E-state index is 5.88. The Labute approximate surface area is 115 Å². The molecule has 0 amide bonds. The molecule has 0 fully saturated rings. The van der Waals surface area contributed by atoms with E-state index in [1.165, 1.54) is 0 Å². The normalized spacial score (nSPS) is 10.6. The number of benzene rings is 1. The monoisotopic (exact) mass is 280 g/mol. The standard InChI is InChI=1S/C13H16N2OS2/c1-3-6-16-12-7-10(4-5-11(12)14)18-13-15-9(2)8-17-13/h4-5,7-8H,3,6,14H2,1-2H3. The second-order valence-electron chi connectivity index (χ2n) is 3.90. The summed E-state index contributed by atoms with van der Waals surface area (Å²) in [6.45, 7) is 4.77. The van der Waals surface area contributed by atoms with Gasteiger partial charge in [-0.15, -0.1) is 11.3 Å². The van der Waals surface area contributed by atoms with Crippen LogP contribution < -0.4 is 10.5 Å². The molecule has 2 rings (SSSR count). The van der Waals surface area contributed by atoms with Crippen LogP contribution in [0.2, 0.25) is 0 Å². The Morgan fingerprint density at radius 3 is 2.94 bits per heavy atom. The Morgan fingerprint density at radius 2 is 2.28 bits per heavy atom. The van der Waals surface area contributed by atoms with Gasteiger partial charge in [-0.2, -0.15) is 0 Å². The van der Waals surface area contributed by atoms with Gasteiger partial charge in [-0.05, 0) is 31.5 Å². The molecule has 1 aromatic carbocycles. The molecular formula is C13H16N2OS2. The van der Waals surface area contributed by atoms with E-state index < -0.39 is 0 Å². The van der Waals surface area contributed by atoms with Crippen LogP contribution >= 0.6 is 23.1 Å². The number of anilines is 1. The predicted molar refractivity (Wildman–Crippen MR) is 77.6 cm³/mol. The van der Waals surface area contributed by atoms with E-state index in [4.69, 9.17) is 10.5 Å². The molecule has 0 aliphatic rings. The lowest BCUT2D eigenvalue weighted by molar-refractivity contribution is 0.318. The van der Waals surface area contributed by atoms with Crippen LogP contribution in [0.15, 0.2) is 32.8 Å². The highest BCUT2D eigenvalue weighted by molar-refractivity contribution is 8.01. The van der Waals surface area contributed by atoms with Gasteiger partial charge in [0.2, 0.25) is 0 Å². The maximum Gasteiger partial charge on any atom is 0.154 e. The maximum absolute atomic E-state index is 5.88. The molecule has 1 aromatic heterocycles. The first kappa shape index (κ1) is 13.2. The fraction of sp³-hybridized carbons (Fsp3) is 0.308. The zero-order valence-corrected chi connectivity index (χ0v) is 12.1. The third-order valence-electron chi connectivity index (χ3n) is 2.25. The van der Waals surface area contributed by atoms with Crippen molar-refractivity contribution in [1.82, 2.24) is 4.98 Å². The summed E-state index contributed by atoms with van der Waals surface area (Å²) in [5.74, 6) is 0.759. The van der Waals surface area contributed by atoms with Crippen molar-refractivity contribution in [3.8, 4) is 5.75 Å². The summed E-state index contributed by atoms with van der Waals surface area (Å²) in [7, 11) is 0. The SMILES string of the molecule is CCCOc1cc(Sc2nc(C)cs2)ccc1N. The first-order chi connectivity index (χ1) is 8.69. The van der Waals surface area contributed by atoms with Crippen molar-refractivity contribution in [2.24, 2.45) is 0 Å². The molecule has 0 atom stereocenters. The lowest BCUT2D eigenvalue weighted by Crippen LogP contribution is -1.98. The number of nitrogens with two attached hydrogens (primary N) is 1. The van der Waals surface area contributed by atoms with Crippen LogP contribution in [0.3, 0.4) is 0 Å². The summed E-state index contributed by atoms with van der Waals surface area (Å²) in [5, 5.41) is 2.05. The van der Waals surface area contributed by atoms with Crippen molar-refractivity contribution in [3.05, 3.63) is 29.3 Å². The highest BCUT2D eigenvalue weighted by atomic mass is 32.2. The number of nitrogens with zero attached hydrogens (tertiary/aromatic N) is 1. The van der Waals surface area contributed by atoms with Crippen molar-refractivity contribution >= 4 is 28.8 Å². The molecule has 0 bridgehead atoms. The Kier molecular flexibility index (Phi) is 4.49. The van der Waals surface area contributed by atoms with Crippen molar-refractivity contribution < 1.29 is 4.74 Å². The average molecular weight is 280 g/mol. The number of hydrogen-bond donors (Lipinski definition) is 1. The van der Waals surface area contributed by atoms with Crippen LogP contribution in [0, 0.1) is 6.92 Å². The summed E-state index contributed by atoms with van der Waals surface area (Å²) >= 11 is 3.29. The number of nitrogen functional groups attached to an aromatic ring is 1. The predicted octanol–water partition coefficient (Wildman–Crippen LogP) is 3.97. The van der Waals surface area contributed by atoms with E-state index in [1.54, 1.807) is 23.1 Å². The third kappa shape index (κ3) is 3.40. The first-order valence-electron chi connectivity index (χ1n) is 5.81. The lowest BCUT2D eigenvalue weighted by Gasteiger charge is -2.09. The van der Waals surface area contributed by atoms with Crippen molar-refractivity contribution in [1.29, 1.82) is 0 Å². The third-order valence-corrected chi connectivity index (χ3v) is 4.30. The van der Waals surface area contributed by atoms with Crippen molar-refractivity contribution in [2.45, 2.75) is 29.5 Å². The minimum atomic E-state index is 0.683. The zero-order valence-electron chi connectivity index (χ0n) is 10.5. The summed E-state index contributed by atoms with van der Waals surface area (Å²) in [4.78, 5) is 5.53. The second kappa shape index (κ2) is 6.11. The Bertz CT molecular complexity index is 525. The van der Waals surface area contributed by atoms with E-state index in [9.17, 15) is 0 Å². The molecule has 5 heteroatoms. The van der Waals surface area contributed by atoms with E-state index >= 15 is 0 Å². The highest BCUT2D eigenvalue weighted by Gasteiger charge is 2.06. The quantitative estimate of drug-likeness (QED) is 0.842. The van der Waals surface area contributed by atoms with Crippen LogP contribution in [0.4, 0.5) is 5.69 Å². The van der Waals surface area contributed by atoms with E-state index in [0.29, 0.717) is 12.3 Å². The number of thiazole rings is 1. The summed E-state index contributed by atoms with van der Waals surface area (Å²) in [5.41, 5.74) is 7.62. The summed E-state index contributed by atoms with van der Waals surface area (Å²) in [6, 6.07) is 5.86. The highest BCUT2D eigenvalue weighted by Crippen LogP contribution is 2.34. The molecule has 0 aliphatic carbocycles. The fourth-order valence-electron chi connectivity index (χ4n) is 1.40. The topological polar surface area (TPSA) is 48.1 Å². The van der Waals surface area contributed by atoms with Gasteiger partial charge in [-0.1, -0.05) is 18.7 Å². The van der Waals surface area contributed by atoms with E-state index in [1.807, 2.05) is 30.5 Å². The number of aromatic nitrogens is 1. The molecule has 96 valence electrons. The van der Waals surface area contributed by atoms with Crippen LogP contribution in [0.1, 0.15) is 19.0 Å². The van der Waals surface area contributed by atoms with Crippen molar-refractivity contribution in [3.63, 3.8) is 0 Å². The van der Waals surface area contributed by atoms with Gasteiger partial charge in [0.05, 0.1) is 12.3 Å². The van der Waals surface area contributed by atoms with Gasteiger partial charge in [0.15, 0.2) is 4.34 Å². The van der Waals surface area contributed by atoms with Crippen LogP contribution in [0.5, 0.6) is 5.75 Å². The number of aryl methyl sites for hydroxylation is 1. The van der Waals surface area contributed by atoms with Gasteiger partial charge in [0, 0.05) is 16.0 Å². The van der Waals surface area contributed by atoms with Crippen LogP contribution in [-0.2, 0) is 0 Å². The van der Waals surface area contributed by atoms with Gasteiger partial charge in [-0.25, -0.2) is 4.98 Å². The minimum Gasteiger partial charge on any atom is -0.491 e. The summed E-state index contributed by atoms with van der Waals surface area (Å²) < 4.78 is 6.65. The van der Waals surface area contributed by atoms with Crippen LogP contribution in [-0.4, -0.2) is 11.6 Å². The summed E-state index contributed by atoms with van der Waals surface area (Å²) in [6.07, 6.45) is 0.975. The Balaban J connectivity index is 2.13. The molecule has 3 nitrogen and oxygen atoms in total. The first-order valence-corrected chi connectivity index (χ1v) is 7.51. The van der Waals surface area contributed by atoms with Gasteiger partial charge >= 0.3 is 0 Å². The molecule has 0 spiro atoms. The zero-order chi connectivity index (χ0) is 13.0. The lowest BCUT2D eigenvalue weighted by atomic mass is 10.3. The van der Waals surface area contributed by atoms with E-state index in [0.717, 1.165) is 27.1 Å². The molecule has 0 aliphatic heterocycles. The largest absolute Gasteiger partial charge is 0.491 e. The van der Waals surface area contributed by atoms with Crippen molar-refractivity contribution in [2.75, 3.05) is 12.3 Å². The molecule has 0 saturated heterocycles. The molecule has 18 heavy (non-hydrogen) atoms. The van der Waals surface area contributed by atoms with E-state index in [2.05, 4.69) is 11.9 Å². The Hall–Kier alpha value is -1.20. The number of rotatable bonds is 5. The van der Waals surface area contributed by atoms with E-state index in [-0.39, 0.29) is 0 Å². The Morgan fingerprint density at radius 1 is 1.44 bits per heavy atom. The molecule has 2 N–H and O–H groups in total. The van der Waals surface area contributed by atoms with Gasteiger partial charge in [0.1, 0.15) is 5.75 Å². The number of hydrogen-bond acceptors (Lipinski definition) is 5. The molecule has 0 radical (unpaired) electrons. The van der Waals surface area contributed by atoms with Gasteiger partial charge in [-0.3, -0.25) is 0 Å². The van der Waals surface area contributed by atoms with Gasteiger partial charge in [0.25, 0.3) is 0 Å². The number of ether oxygens (including phenoxy) is 1. The smallest absolute Gasteiger partial charge is 0.154 e. The van der Waals surface area contributed by atoms with Crippen LogP contribution in [0.25, 0.3) is 0 Å². The fourth-order valence-corrected chi connectivity index (χ4v) is 3.23. The average Bonchev–Trinajstić information content (AvgIpc) is 2.75. The minimum absolute atomic E-state index is 0.683. The second-order valence-corrected chi connectivity index (χ2v) is 6.08. The molecule has 1 heterocycles.